The smallest absolute Gasteiger partial charge is 0.264 e. The average molecular weight is 540 g/mol. The second-order valence-corrected chi connectivity index (χ2v) is 10.5. The Kier molecular flexibility index (Phi) is 7.80. The Morgan fingerprint density at radius 3 is 2.35 bits per heavy atom. The van der Waals surface area contributed by atoms with Gasteiger partial charge in [-0.05, 0) is 54.4 Å². The van der Waals surface area contributed by atoms with Crippen LogP contribution in [0.15, 0.2) is 93.9 Å². The lowest BCUT2D eigenvalue weighted by molar-refractivity contribution is -0.118. The number of guanidine groups is 1. The van der Waals surface area contributed by atoms with Crippen LogP contribution in [-0.2, 0) is 14.8 Å². The van der Waals surface area contributed by atoms with Crippen molar-refractivity contribution < 1.29 is 17.9 Å². The summed E-state index contributed by atoms with van der Waals surface area (Å²) in [6, 6.07) is 21.8. The third-order valence-electron chi connectivity index (χ3n) is 5.82. The molecule has 0 saturated heterocycles. The predicted octanol–water partition coefficient (Wildman–Crippen LogP) is 3.36. The van der Waals surface area contributed by atoms with Crippen molar-refractivity contribution in [3.05, 3.63) is 95.0 Å². The van der Waals surface area contributed by atoms with Crippen LogP contribution >= 0.6 is 11.6 Å². The van der Waals surface area contributed by atoms with Gasteiger partial charge in [0.2, 0.25) is 11.9 Å². The molecule has 3 aromatic rings. The molecule has 0 aliphatic carbocycles. The van der Waals surface area contributed by atoms with E-state index in [0.29, 0.717) is 16.5 Å². The molecule has 1 aliphatic rings. The monoisotopic (exact) mass is 539 g/mol. The number of nitrogens with two attached hydrogens (primary N) is 1. The molecule has 3 aromatic carbocycles. The van der Waals surface area contributed by atoms with Crippen molar-refractivity contribution in [2.45, 2.75) is 23.8 Å². The van der Waals surface area contributed by atoms with Gasteiger partial charge in [0, 0.05) is 10.9 Å². The maximum Gasteiger partial charge on any atom is 0.264 e. The number of sulfonamides is 1. The van der Waals surface area contributed by atoms with Gasteiger partial charge in [-0.3, -0.25) is 4.79 Å². The maximum atomic E-state index is 13.3. The van der Waals surface area contributed by atoms with Crippen LogP contribution < -0.4 is 15.2 Å². The van der Waals surface area contributed by atoms with E-state index in [0.717, 1.165) is 11.1 Å². The number of hydrogen-bond donors (Lipinski definition) is 2. The van der Waals surface area contributed by atoms with Crippen molar-refractivity contribution in [2.75, 3.05) is 13.7 Å². The standard InChI is InChI=1S/C26H26ClN5O4S/c1-17(25(28)33)29-26(31-37(34,35)22-14-12-21(36-2)13-15-22)32-16-23(18-6-4-3-5-7-18)24(30-32)19-8-10-20(27)11-9-19/h3-15,17,23H,16H2,1-2H3,(H2,28,33)(H,29,31)/t17-,23?/m0/s1. The molecule has 0 bridgehead atoms. The Hall–Kier alpha value is -3.89. The number of nitrogens with one attached hydrogen (secondary N) is 1. The number of amides is 1. The minimum absolute atomic E-state index is 0.00608. The minimum atomic E-state index is -4.08. The highest BCUT2D eigenvalue weighted by Gasteiger charge is 2.33. The number of carbonyl (C=O) groups is 1. The Bertz CT molecular complexity index is 1430. The number of halogens is 1. The largest absolute Gasteiger partial charge is 0.497 e. The van der Waals surface area contributed by atoms with Crippen molar-refractivity contribution >= 4 is 39.2 Å². The van der Waals surface area contributed by atoms with Gasteiger partial charge in [0.1, 0.15) is 11.8 Å². The van der Waals surface area contributed by atoms with Crippen molar-refractivity contribution in [1.29, 1.82) is 0 Å². The summed E-state index contributed by atoms with van der Waals surface area (Å²) in [4.78, 5) is 16.1. The minimum Gasteiger partial charge on any atom is -0.497 e. The Morgan fingerprint density at radius 1 is 1.11 bits per heavy atom. The Balaban J connectivity index is 1.75. The van der Waals surface area contributed by atoms with Gasteiger partial charge in [-0.25, -0.2) is 23.1 Å². The van der Waals surface area contributed by atoms with Crippen LogP contribution in [-0.4, -0.2) is 50.7 Å². The zero-order chi connectivity index (χ0) is 26.6. The number of primary amides is 1. The van der Waals surface area contributed by atoms with Crippen LogP contribution in [0.1, 0.15) is 24.0 Å². The molecule has 0 spiro atoms. The maximum absolute atomic E-state index is 13.3. The number of carbonyl (C=O) groups excluding carboxylic acids is 1. The zero-order valence-electron chi connectivity index (χ0n) is 20.2. The molecular formula is C26H26ClN5O4S. The molecule has 1 aliphatic heterocycles. The third kappa shape index (κ3) is 6.10. The lowest BCUT2D eigenvalue weighted by Gasteiger charge is -2.20. The molecule has 37 heavy (non-hydrogen) atoms. The van der Waals surface area contributed by atoms with Gasteiger partial charge < -0.3 is 10.5 Å². The van der Waals surface area contributed by atoms with E-state index in [1.807, 2.05) is 42.5 Å². The molecule has 0 radical (unpaired) electrons. The van der Waals surface area contributed by atoms with Gasteiger partial charge in [-0.1, -0.05) is 54.1 Å². The second-order valence-electron chi connectivity index (χ2n) is 8.35. The topological polar surface area (TPSA) is 126 Å². The fourth-order valence-corrected chi connectivity index (χ4v) is 4.93. The lowest BCUT2D eigenvalue weighted by atomic mass is 9.91. The molecule has 0 fully saturated rings. The molecule has 3 N–H and O–H groups in total. The molecular weight excluding hydrogens is 514 g/mol. The van der Waals surface area contributed by atoms with Crippen molar-refractivity contribution in [1.82, 2.24) is 9.73 Å². The normalized spacial score (nSPS) is 16.7. The van der Waals surface area contributed by atoms with Crippen molar-refractivity contribution in [3.8, 4) is 5.75 Å². The summed E-state index contributed by atoms with van der Waals surface area (Å²) in [5.41, 5.74) is 7.94. The molecule has 0 aromatic heterocycles. The van der Waals surface area contributed by atoms with Gasteiger partial charge in [-0.2, -0.15) is 5.10 Å². The molecule has 9 nitrogen and oxygen atoms in total. The number of ether oxygens (including phenoxy) is 1. The summed E-state index contributed by atoms with van der Waals surface area (Å²) in [6.07, 6.45) is 0. The van der Waals surface area contributed by atoms with E-state index in [4.69, 9.17) is 27.2 Å². The molecule has 0 saturated carbocycles. The number of nitrogens with zero attached hydrogens (tertiary/aromatic N) is 3. The average Bonchev–Trinajstić information content (AvgIpc) is 3.34. The van der Waals surface area contributed by atoms with E-state index in [1.165, 1.54) is 43.3 Å². The van der Waals surface area contributed by atoms with E-state index in [9.17, 15) is 13.2 Å². The van der Waals surface area contributed by atoms with Gasteiger partial charge >= 0.3 is 0 Å². The third-order valence-corrected chi connectivity index (χ3v) is 7.42. The number of hydrazone groups is 1. The van der Waals surface area contributed by atoms with Crippen LogP contribution in [0.2, 0.25) is 5.02 Å². The molecule has 4 rings (SSSR count). The zero-order valence-corrected chi connectivity index (χ0v) is 21.8. The summed E-state index contributed by atoms with van der Waals surface area (Å²) >= 11 is 6.09. The molecule has 1 amide bonds. The number of rotatable bonds is 7. The highest BCUT2D eigenvalue weighted by atomic mass is 35.5. The van der Waals surface area contributed by atoms with Crippen LogP contribution in [0, 0.1) is 0 Å². The van der Waals surface area contributed by atoms with Gasteiger partial charge in [-0.15, -0.1) is 0 Å². The number of aliphatic imine (C=N–C) groups is 1. The van der Waals surface area contributed by atoms with E-state index in [1.54, 1.807) is 12.1 Å². The summed E-state index contributed by atoms with van der Waals surface area (Å²) in [5.74, 6) is -0.520. The highest BCUT2D eigenvalue weighted by molar-refractivity contribution is 7.90. The molecule has 2 atom stereocenters. The quantitative estimate of drug-likeness (QED) is 0.351. The van der Waals surface area contributed by atoms with Gasteiger partial charge in [0.25, 0.3) is 10.0 Å². The Morgan fingerprint density at radius 2 is 1.76 bits per heavy atom. The van der Waals surface area contributed by atoms with Crippen LogP contribution in [0.4, 0.5) is 0 Å². The lowest BCUT2D eigenvalue weighted by Crippen LogP contribution is -2.43. The van der Waals surface area contributed by atoms with Gasteiger partial charge in [0.05, 0.1) is 24.3 Å². The molecule has 11 heteroatoms. The summed E-state index contributed by atoms with van der Waals surface area (Å²) in [6.45, 7) is 1.76. The summed E-state index contributed by atoms with van der Waals surface area (Å²) in [7, 11) is -2.59. The fraction of sp³-hybridized carbons (Fsp3) is 0.192. The fourth-order valence-electron chi connectivity index (χ4n) is 3.79. The van der Waals surface area contributed by atoms with Gasteiger partial charge in [0.15, 0.2) is 0 Å². The molecule has 1 heterocycles. The van der Waals surface area contributed by atoms with Crippen molar-refractivity contribution in [2.24, 2.45) is 15.8 Å². The first-order valence-corrected chi connectivity index (χ1v) is 13.2. The second kappa shape index (κ2) is 11.0. The highest BCUT2D eigenvalue weighted by Crippen LogP contribution is 2.30. The molecule has 192 valence electrons. The number of benzene rings is 3. The van der Waals surface area contributed by atoms with Crippen molar-refractivity contribution in [3.63, 3.8) is 0 Å². The van der Waals surface area contributed by atoms with Crippen LogP contribution in [0.25, 0.3) is 0 Å². The van der Waals surface area contributed by atoms with E-state index < -0.39 is 22.0 Å². The first kappa shape index (κ1) is 26.2. The summed E-state index contributed by atoms with van der Waals surface area (Å²) < 4.78 is 34.1. The Labute approximate surface area is 220 Å². The van der Waals surface area contributed by atoms with E-state index >= 15 is 0 Å². The molecule has 1 unspecified atom stereocenters. The van der Waals surface area contributed by atoms with E-state index in [2.05, 4.69) is 9.71 Å². The van der Waals surface area contributed by atoms with E-state index in [-0.39, 0.29) is 23.3 Å². The first-order chi connectivity index (χ1) is 17.7. The SMILES string of the molecule is COc1ccc(S(=O)(=O)NC(=N[C@@H](C)C(N)=O)N2CC(c3ccccc3)C(c3ccc(Cl)cc3)=N2)cc1. The predicted molar refractivity (Wildman–Crippen MR) is 143 cm³/mol. The summed E-state index contributed by atoms with van der Waals surface area (Å²) in [5, 5.41) is 6.77. The number of hydrogen-bond acceptors (Lipinski definition) is 6. The first-order valence-electron chi connectivity index (χ1n) is 11.4. The van der Waals surface area contributed by atoms with Crippen LogP contribution in [0.5, 0.6) is 5.75 Å². The van der Waals surface area contributed by atoms with Crippen LogP contribution in [0.3, 0.4) is 0 Å². The number of methoxy groups -OCH3 is 1.